The number of benzene rings is 2. The van der Waals surface area contributed by atoms with Gasteiger partial charge in [-0.25, -0.2) is 4.98 Å². The molecule has 0 aliphatic carbocycles. The van der Waals surface area contributed by atoms with Crippen LogP contribution in [0, 0.1) is 10.4 Å². The van der Waals surface area contributed by atoms with E-state index in [0.29, 0.717) is 16.5 Å². The van der Waals surface area contributed by atoms with Crippen molar-refractivity contribution in [1.82, 2.24) is 4.98 Å². The maximum atomic E-state index is 10.8. The maximum Gasteiger partial charge on any atom is 0.187 e. The zero-order chi connectivity index (χ0) is 17.1. The summed E-state index contributed by atoms with van der Waals surface area (Å²) >= 11 is 1.36. The van der Waals surface area contributed by atoms with Gasteiger partial charge in [0.25, 0.3) is 0 Å². The molecular formula is C15H12N4O4S-2. The van der Waals surface area contributed by atoms with Crippen molar-refractivity contribution in [3.05, 3.63) is 64.3 Å². The van der Waals surface area contributed by atoms with Crippen LogP contribution in [0.4, 0.5) is 22.2 Å². The Morgan fingerprint density at radius 1 is 1.00 bits per heavy atom. The SMILES string of the molecule is [O-]N([O-])c1cccc(Nc2nc(-c3ccc(N(O)O)cc3)cs2)c1. The number of anilines is 4. The third-order valence-corrected chi connectivity index (χ3v) is 3.96. The number of hydrogen-bond acceptors (Lipinski definition) is 9. The summed E-state index contributed by atoms with van der Waals surface area (Å²) in [7, 11) is 0. The van der Waals surface area contributed by atoms with Gasteiger partial charge in [-0.15, -0.1) is 16.6 Å². The normalized spacial score (nSPS) is 10.5. The Bertz CT molecular complexity index is 820. The molecule has 0 aliphatic heterocycles. The number of thiazole rings is 1. The molecule has 3 rings (SSSR count). The minimum atomic E-state index is -0.453. The summed E-state index contributed by atoms with van der Waals surface area (Å²) in [5, 5.41) is 44.5. The van der Waals surface area contributed by atoms with Crippen LogP contribution >= 0.6 is 11.3 Å². The van der Waals surface area contributed by atoms with Crippen molar-refractivity contribution in [3.63, 3.8) is 0 Å². The van der Waals surface area contributed by atoms with Crippen molar-refractivity contribution in [3.8, 4) is 11.3 Å². The molecule has 0 atom stereocenters. The second-order valence-electron chi connectivity index (χ2n) is 4.81. The Morgan fingerprint density at radius 2 is 1.75 bits per heavy atom. The van der Waals surface area contributed by atoms with Gasteiger partial charge < -0.3 is 21.0 Å². The van der Waals surface area contributed by atoms with Crippen LogP contribution in [0.2, 0.25) is 0 Å². The molecule has 24 heavy (non-hydrogen) atoms. The molecule has 2 aromatic carbocycles. The van der Waals surface area contributed by atoms with E-state index in [1.165, 1.54) is 23.5 Å². The molecule has 124 valence electrons. The fourth-order valence-electron chi connectivity index (χ4n) is 2.05. The lowest BCUT2D eigenvalue weighted by atomic mass is 10.1. The van der Waals surface area contributed by atoms with E-state index in [1.807, 2.05) is 5.38 Å². The first kappa shape index (κ1) is 16.2. The van der Waals surface area contributed by atoms with E-state index < -0.39 is 5.23 Å². The van der Waals surface area contributed by atoms with Crippen LogP contribution in [-0.4, -0.2) is 15.4 Å². The molecule has 8 nitrogen and oxygen atoms in total. The Hall–Kier alpha value is -2.69. The first-order valence-corrected chi connectivity index (χ1v) is 7.66. The third-order valence-electron chi connectivity index (χ3n) is 3.21. The van der Waals surface area contributed by atoms with E-state index in [1.54, 1.807) is 36.4 Å². The fraction of sp³-hybridized carbons (Fsp3) is 0. The smallest absolute Gasteiger partial charge is 0.187 e. The van der Waals surface area contributed by atoms with Crippen molar-refractivity contribution >= 4 is 33.5 Å². The van der Waals surface area contributed by atoms with Gasteiger partial charge in [-0.05, 0) is 30.3 Å². The summed E-state index contributed by atoms with van der Waals surface area (Å²) in [6, 6.07) is 12.7. The average molecular weight is 344 g/mol. The second-order valence-corrected chi connectivity index (χ2v) is 5.66. The zero-order valence-corrected chi connectivity index (χ0v) is 13.0. The molecule has 0 fully saturated rings. The molecule has 0 radical (unpaired) electrons. The van der Waals surface area contributed by atoms with Gasteiger partial charge >= 0.3 is 0 Å². The number of rotatable bonds is 5. The van der Waals surface area contributed by atoms with Crippen molar-refractivity contribution in [2.45, 2.75) is 0 Å². The lowest BCUT2D eigenvalue weighted by Crippen LogP contribution is -2.10. The topological polar surface area (TPSA) is 118 Å². The second kappa shape index (κ2) is 6.83. The molecule has 1 heterocycles. The van der Waals surface area contributed by atoms with Gasteiger partial charge in [-0.2, -0.15) is 0 Å². The van der Waals surface area contributed by atoms with Gasteiger partial charge in [-0.1, -0.05) is 18.2 Å². The molecule has 0 saturated carbocycles. The van der Waals surface area contributed by atoms with Gasteiger partial charge in [0, 0.05) is 22.3 Å². The minimum absolute atomic E-state index is 0.00456. The molecular weight excluding hydrogens is 332 g/mol. The van der Waals surface area contributed by atoms with E-state index in [9.17, 15) is 10.4 Å². The van der Waals surface area contributed by atoms with Gasteiger partial charge in [-0.3, -0.25) is 10.4 Å². The summed E-state index contributed by atoms with van der Waals surface area (Å²) in [5.74, 6) is 0. The van der Waals surface area contributed by atoms with Gasteiger partial charge in [0.05, 0.1) is 11.4 Å². The molecule has 0 saturated heterocycles. The monoisotopic (exact) mass is 344 g/mol. The van der Waals surface area contributed by atoms with Crippen molar-refractivity contribution in [2.24, 2.45) is 0 Å². The molecule has 0 aliphatic rings. The quantitative estimate of drug-likeness (QED) is 0.596. The minimum Gasteiger partial charge on any atom is -0.769 e. The highest BCUT2D eigenvalue weighted by Crippen LogP contribution is 2.29. The van der Waals surface area contributed by atoms with Crippen LogP contribution in [0.1, 0.15) is 0 Å². The van der Waals surface area contributed by atoms with Crippen LogP contribution < -0.4 is 15.8 Å². The van der Waals surface area contributed by atoms with Crippen molar-refractivity contribution < 1.29 is 10.4 Å². The summed E-state index contributed by atoms with van der Waals surface area (Å²) in [5.41, 5.74) is 2.34. The van der Waals surface area contributed by atoms with E-state index in [4.69, 9.17) is 10.4 Å². The van der Waals surface area contributed by atoms with E-state index in [2.05, 4.69) is 10.3 Å². The van der Waals surface area contributed by atoms with Crippen LogP contribution in [0.5, 0.6) is 0 Å². The third kappa shape index (κ3) is 3.62. The summed E-state index contributed by atoms with van der Waals surface area (Å²) in [6.07, 6.45) is 0. The van der Waals surface area contributed by atoms with E-state index in [0.717, 1.165) is 5.56 Å². The van der Waals surface area contributed by atoms with Crippen LogP contribution in [0.25, 0.3) is 11.3 Å². The highest BCUT2D eigenvalue weighted by Gasteiger charge is 2.06. The largest absolute Gasteiger partial charge is 0.769 e. The van der Waals surface area contributed by atoms with Crippen LogP contribution in [0.3, 0.4) is 0 Å². The molecule has 1 aromatic heterocycles. The number of hydrogen-bond donors (Lipinski definition) is 3. The Kier molecular flexibility index (Phi) is 4.60. The van der Waals surface area contributed by atoms with E-state index >= 15 is 0 Å². The highest BCUT2D eigenvalue weighted by molar-refractivity contribution is 7.14. The lowest BCUT2D eigenvalue weighted by molar-refractivity contribution is 0.0292. The van der Waals surface area contributed by atoms with Crippen molar-refractivity contribution in [2.75, 3.05) is 15.8 Å². The molecule has 0 spiro atoms. The summed E-state index contributed by atoms with van der Waals surface area (Å²) in [6.45, 7) is 0. The first-order chi connectivity index (χ1) is 11.5. The maximum absolute atomic E-state index is 10.8. The standard InChI is InChI=1S/C15H12N4O4S/c20-18(21)12-6-4-10(5-7-12)14-9-24-15(17-14)16-11-2-1-3-13(8-11)19(22)23/h1-9,20-21H,(H,16,17)/q-2. The Labute approximate surface area is 140 Å². The molecule has 0 amide bonds. The molecule has 3 aromatic rings. The Balaban J connectivity index is 1.77. The van der Waals surface area contributed by atoms with Crippen molar-refractivity contribution in [1.29, 1.82) is 0 Å². The van der Waals surface area contributed by atoms with Crippen LogP contribution in [0.15, 0.2) is 53.9 Å². The zero-order valence-electron chi connectivity index (χ0n) is 12.2. The molecule has 3 N–H and O–H groups in total. The first-order valence-electron chi connectivity index (χ1n) is 6.78. The number of aromatic nitrogens is 1. The average Bonchev–Trinajstić information content (AvgIpc) is 3.03. The van der Waals surface area contributed by atoms with Crippen LogP contribution in [-0.2, 0) is 0 Å². The highest BCUT2D eigenvalue weighted by atomic mass is 32.1. The Morgan fingerprint density at radius 3 is 2.42 bits per heavy atom. The summed E-state index contributed by atoms with van der Waals surface area (Å²) in [4.78, 5) is 4.42. The molecule has 0 unspecified atom stereocenters. The van der Waals surface area contributed by atoms with E-state index in [-0.39, 0.29) is 16.6 Å². The van der Waals surface area contributed by atoms with Gasteiger partial charge in [0.2, 0.25) is 0 Å². The van der Waals surface area contributed by atoms with Gasteiger partial charge in [0.15, 0.2) is 5.13 Å². The molecule has 9 heteroatoms. The predicted octanol–water partition coefficient (Wildman–Crippen LogP) is 3.94. The summed E-state index contributed by atoms with van der Waals surface area (Å²) < 4.78 is 0. The predicted molar refractivity (Wildman–Crippen MR) is 92.5 cm³/mol. The van der Waals surface area contributed by atoms with Gasteiger partial charge in [0.1, 0.15) is 0 Å². The number of nitrogens with zero attached hydrogens (tertiary/aromatic N) is 3. The fourth-order valence-corrected chi connectivity index (χ4v) is 2.79. The lowest BCUT2D eigenvalue weighted by Gasteiger charge is -2.37. The molecule has 0 bridgehead atoms. The number of nitrogens with one attached hydrogen (secondary N) is 1.